The number of aryl methyl sites for hydroxylation is 1. The van der Waals surface area contributed by atoms with Crippen molar-refractivity contribution in [1.82, 2.24) is 4.37 Å². The second-order valence-electron chi connectivity index (χ2n) is 6.78. The molecule has 2 heterocycles. The van der Waals surface area contributed by atoms with E-state index in [1.165, 1.54) is 35.0 Å². The van der Waals surface area contributed by atoms with Crippen LogP contribution in [0.2, 0.25) is 0 Å². The Morgan fingerprint density at radius 3 is 2.57 bits per heavy atom. The SMILES string of the molecule is CC(C)S(=O)(=O)c1ccc(Oc2sc(C(N)=O)c3c2-c2sncc2CC3)cc1. The number of hydrogen-bond donors (Lipinski definition) is 1. The first-order valence-electron chi connectivity index (χ1n) is 8.70. The third kappa shape index (κ3) is 3.13. The van der Waals surface area contributed by atoms with Crippen LogP contribution in [0.15, 0.2) is 35.4 Å². The molecule has 1 amide bonds. The summed E-state index contributed by atoms with van der Waals surface area (Å²) in [7, 11) is -3.34. The van der Waals surface area contributed by atoms with E-state index in [4.69, 9.17) is 10.5 Å². The summed E-state index contributed by atoms with van der Waals surface area (Å²) >= 11 is 2.60. The van der Waals surface area contributed by atoms with Gasteiger partial charge in [-0.2, -0.15) is 0 Å². The van der Waals surface area contributed by atoms with Gasteiger partial charge in [-0.25, -0.2) is 12.8 Å². The monoisotopic (exact) mass is 434 g/mol. The number of hydrogen-bond acceptors (Lipinski definition) is 7. The van der Waals surface area contributed by atoms with Crippen LogP contribution in [0.1, 0.15) is 34.6 Å². The first-order valence-corrected chi connectivity index (χ1v) is 11.8. The highest BCUT2D eigenvalue weighted by Gasteiger charge is 2.30. The Kier molecular flexibility index (Phi) is 4.76. The highest BCUT2D eigenvalue weighted by Crippen LogP contribution is 2.49. The van der Waals surface area contributed by atoms with Gasteiger partial charge in [0.05, 0.1) is 25.5 Å². The van der Waals surface area contributed by atoms with E-state index in [0.717, 1.165) is 28.0 Å². The molecule has 0 spiro atoms. The van der Waals surface area contributed by atoms with Crippen LogP contribution in [-0.4, -0.2) is 23.9 Å². The molecule has 146 valence electrons. The molecule has 2 aromatic heterocycles. The molecule has 0 saturated carbocycles. The van der Waals surface area contributed by atoms with Crippen LogP contribution < -0.4 is 10.5 Å². The molecule has 0 unspecified atom stereocenters. The number of aromatic nitrogens is 1. The lowest BCUT2D eigenvalue weighted by Gasteiger charge is -2.14. The maximum absolute atomic E-state index is 12.3. The highest BCUT2D eigenvalue weighted by atomic mass is 32.2. The molecule has 6 nitrogen and oxygen atoms in total. The molecule has 0 fully saturated rings. The van der Waals surface area contributed by atoms with E-state index >= 15 is 0 Å². The summed E-state index contributed by atoms with van der Waals surface area (Å²) in [6.07, 6.45) is 3.38. The van der Waals surface area contributed by atoms with Crippen LogP contribution in [0.25, 0.3) is 10.4 Å². The fraction of sp³-hybridized carbons (Fsp3) is 0.263. The summed E-state index contributed by atoms with van der Waals surface area (Å²) in [5, 5.41) is 0.0833. The molecule has 1 aliphatic rings. The molecular weight excluding hydrogens is 416 g/mol. The van der Waals surface area contributed by atoms with Crippen LogP contribution in [0.3, 0.4) is 0 Å². The van der Waals surface area contributed by atoms with Gasteiger partial charge in [-0.3, -0.25) is 4.79 Å². The summed E-state index contributed by atoms with van der Waals surface area (Å²) in [6, 6.07) is 6.33. The Hall–Kier alpha value is -2.23. The number of sulfone groups is 1. The number of carbonyl (C=O) groups is 1. The van der Waals surface area contributed by atoms with Gasteiger partial charge in [0.1, 0.15) is 5.75 Å². The van der Waals surface area contributed by atoms with Crippen molar-refractivity contribution in [2.45, 2.75) is 36.8 Å². The van der Waals surface area contributed by atoms with Gasteiger partial charge in [-0.1, -0.05) is 11.3 Å². The number of thiophene rings is 1. The Balaban J connectivity index is 1.73. The molecule has 3 aromatic rings. The average Bonchev–Trinajstić information content (AvgIpc) is 3.26. The number of amides is 1. The quantitative estimate of drug-likeness (QED) is 0.653. The molecule has 28 heavy (non-hydrogen) atoms. The number of nitrogens with two attached hydrogens (primary N) is 1. The predicted molar refractivity (Wildman–Crippen MR) is 110 cm³/mol. The summed E-state index contributed by atoms with van der Waals surface area (Å²) in [4.78, 5) is 13.7. The Morgan fingerprint density at radius 1 is 1.21 bits per heavy atom. The molecular formula is C19H18N2O4S3. The van der Waals surface area contributed by atoms with Crippen molar-refractivity contribution < 1.29 is 17.9 Å². The lowest BCUT2D eigenvalue weighted by atomic mass is 9.93. The van der Waals surface area contributed by atoms with E-state index in [-0.39, 0.29) is 4.90 Å². The minimum atomic E-state index is -3.34. The third-order valence-corrected chi connectivity index (χ3v) is 8.85. The third-order valence-electron chi connectivity index (χ3n) is 4.70. The molecule has 1 aliphatic carbocycles. The van der Waals surface area contributed by atoms with Gasteiger partial charge in [0.25, 0.3) is 5.91 Å². The average molecular weight is 435 g/mol. The Morgan fingerprint density at radius 2 is 1.93 bits per heavy atom. The van der Waals surface area contributed by atoms with Gasteiger partial charge in [-0.15, -0.1) is 0 Å². The van der Waals surface area contributed by atoms with E-state index in [2.05, 4.69) is 4.37 Å². The fourth-order valence-corrected chi connectivity index (χ4v) is 6.23. The topological polar surface area (TPSA) is 99.4 Å². The first kappa shape index (κ1) is 19.1. The molecule has 0 atom stereocenters. The van der Waals surface area contributed by atoms with Crippen molar-refractivity contribution in [3.63, 3.8) is 0 Å². The van der Waals surface area contributed by atoms with E-state index in [1.54, 1.807) is 26.0 Å². The number of ether oxygens (including phenoxy) is 1. The molecule has 2 N–H and O–H groups in total. The number of fused-ring (bicyclic) bond motifs is 3. The highest BCUT2D eigenvalue weighted by molar-refractivity contribution is 7.92. The molecule has 0 aliphatic heterocycles. The van der Waals surface area contributed by atoms with Gasteiger partial charge in [0.15, 0.2) is 14.9 Å². The molecule has 9 heteroatoms. The number of nitrogens with zero attached hydrogens (tertiary/aromatic N) is 1. The van der Waals surface area contributed by atoms with Crippen LogP contribution in [0, 0.1) is 0 Å². The second-order valence-corrected chi connectivity index (χ2v) is 11.1. The van der Waals surface area contributed by atoms with Crippen molar-refractivity contribution in [3.8, 4) is 21.3 Å². The summed E-state index contributed by atoms with van der Waals surface area (Å²) in [5.41, 5.74) is 8.49. The van der Waals surface area contributed by atoms with Crippen LogP contribution in [0.4, 0.5) is 0 Å². The molecule has 0 radical (unpaired) electrons. The first-order chi connectivity index (χ1) is 13.3. The summed E-state index contributed by atoms with van der Waals surface area (Å²) in [5.74, 6) is 0.0295. The van der Waals surface area contributed by atoms with Crippen molar-refractivity contribution in [2.75, 3.05) is 0 Å². The molecule has 1 aromatic carbocycles. The Bertz CT molecular complexity index is 1160. The number of primary amides is 1. The van der Waals surface area contributed by atoms with Gasteiger partial charge in [0, 0.05) is 6.20 Å². The summed E-state index contributed by atoms with van der Waals surface area (Å²) < 4.78 is 34.9. The lowest BCUT2D eigenvalue weighted by molar-refractivity contribution is 0.100. The second kappa shape index (κ2) is 6.98. The van der Waals surface area contributed by atoms with Crippen molar-refractivity contribution >= 4 is 38.6 Å². The maximum atomic E-state index is 12.3. The lowest BCUT2D eigenvalue weighted by Crippen LogP contribution is -2.13. The van der Waals surface area contributed by atoms with Crippen LogP contribution in [0.5, 0.6) is 10.8 Å². The van der Waals surface area contributed by atoms with Crippen molar-refractivity contribution in [3.05, 3.63) is 46.5 Å². The minimum Gasteiger partial charge on any atom is -0.446 e. The smallest absolute Gasteiger partial charge is 0.259 e. The largest absolute Gasteiger partial charge is 0.446 e. The number of carbonyl (C=O) groups excluding carboxylic acids is 1. The molecule has 4 rings (SSSR count). The maximum Gasteiger partial charge on any atom is 0.259 e. The standard InChI is InChI=1S/C19H18N2O4S3/c1-10(2)28(23,24)13-6-4-12(5-7-13)25-19-15-14(17(26-19)18(20)22)8-3-11-9-21-27-16(11)15/h4-7,9-10H,3,8H2,1-2H3,(H2,20,22). The molecule has 0 bridgehead atoms. The zero-order valence-corrected chi connectivity index (χ0v) is 17.7. The number of benzene rings is 1. The predicted octanol–water partition coefficient (Wildman–Crippen LogP) is 4.04. The van der Waals surface area contributed by atoms with Gasteiger partial charge in [0.2, 0.25) is 0 Å². The zero-order chi connectivity index (χ0) is 20.1. The van der Waals surface area contributed by atoms with E-state index in [0.29, 0.717) is 22.1 Å². The van der Waals surface area contributed by atoms with Crippen molar-refractivity contribution in [2.24, 2.45) is 5.73 Å². The summed E-state index contributed by atoms with van der Waals surface area (Å²) in [6.45, 7) is 3.30. The van der Waals surface area contributed by atoms with E-state index < -0.39 is 21.0 Å². The van der Waals surface area contributed by atoms with Crippen LogP contribution >= 0.6 is 22.9 Å². The van der Waals surface area contributed by atoms with Gasteiger partial charge in [-0.05, 0) is 73.6 Å². The fourth-order valence-electron chi connectivity index (χ4n) is 3.16. The minimum absolute atomic E-state index is 0.255. The van der Waals surface area contributed by atoms with E-state index in [9.17, 15) is 13.2 Å². The van der Waals surface area contributed by atoms with Crippen molar-refractivity contribution in [1.29, 1.82) is 0 Å². The Labute approximate surface area is 171 Å². The normalized spacial score (nSPS) is 13.2. The number of rotatable bonds is 5. The van der Waals surface area contributed by atoms with E-state index in [1.807, 2.05) is 6.20 Å². The molecule has 0 saturated heterocycles. The van der Waals surface area contributed by atoms with Gasteiger partial charge >= 0.3 is 0 Å². The van der Waals surface area contributed by atoms with Gasteiger partial charge < -0.3 is 10.5 Å². The zero-order valence-electron chi connectivity index (χ0n) is 15.3. The van der Waals surface area contributed by atoms with Crippen LogP contribution in [-0.2, 0) is 22.7 Å².